The van der Waals surface area contributed by atoms with Crippen LogP contribution in [0.15, 0.2) is 54.6 Å². The lowest BCUT2D eigenvalue weighted by Gasteiger charge is -2.40. The molecule has 5 rings (SSSR count). The summed E-state index contributed by atoms with van der Waals surface area (Å²) in [5.41, 5.74) is 3.10. The monoisotopic (exact) mass is 549 g/mol. The summed E-state index contributed by atoms with van der Waals surface area (Å²) in [6.45, 7) is 9.46. The Bertz CT molecular complexity index is 1170. The molecule has 2 aromatic rings. The van der Waals surface area contributed by atoms with E-state index in [9.17, 15) is 14.4 Å². The van der Waals surface area contributed by atoms with Gasteiger partial charge in [-0.2, -0.15) is 0 Å². The number of likely N-dealkylation sites (N-methyl/N-ethyl adjacent to an activating group) is 1. The molecule has 0 radical (unpaired) electrons. The second-order valence-corrected chi connectivity index (χ2v) is 11.8. The SMILES string of the molecule is CCN(CC)CCN1C(=O)C(CC(=O)N2CCC(N3Cc4ccccc4NC3=O)CC2)SC1c1ccccc1. The lowest BCUT2D eigenvalue weighted by Crippen LogP contribution is -2.51. The molecular weight excluding hydrogens is 510 g/mol. The number of piperidine rings is 1. The van der Waals surface area contributed by atoms with Gasteiger partial charge in [-0.05, 0) is 43.1 Å². The molecule has 39 heavy (non-hydrogen) atoms. The number of nitrogens with one attached hydrogen (secondary N) is 1. The molecule has 1 N–H and O–H groups in total. The summed E-state index contributed by atoms with van der Waals surface area (Å²) in [7, 11) is 0. The highest BCUT2D eigenvalue weighted by Crippen LogP contribution is 2.44. The number of rotatable bonds is 9. The molecular formula is C30H39N5O3S. The van der Waals surface area contributed by atoms with E-state index in [4.69, 9.17) is 0 Å². The molecule has 4 amide bonds. The zero-order chi connectivity index (χ0) is 27.4. The number of hydrogen-bond acceptors (Lipinski definition) is 5. The molecule has 9 heteroatoms. The van der Waals surface area contributed by atoms with Gasteiger partial charge in [0.1, 0.15) is 5.37 Å². The Kier molecular flexibility index (Phi) is 8.77. The van der Waals surface area contributed by atoms with Crippen LogP contribution in [0, 0.1) is 0 Å². The Labute approximate surface area is 235 Å². The predicted octanol–water partition coefficient (Wildman–Crippen LogP) is 4.40. The van der Waals surface area contributed by atoms with Crippen molar-refractivity contribution in [2.24, 2.45) is 0 Å². The van der Waals surface area contributed by atoms with Gasteiger partial charge < -0.3 is 24.9 Å². The first-order valence-electron chi connectivity index (χ1n) is 14.1. The summed E-state index contributed by atoms with van der Waals surface area (Å²) in [5.74, 6) is 0.0954. The highest BCUT2D eigenvalue weighted by Gasteiger charge is 2.42. The average molecular weight is 550 g/mol. The number of fused-ring (bicyclic) bond motifs is 1. The van der Waals surface area contributed by atoms with Gasteiger partial charge in [0, 0.05) is 50.9 Å². The molecule has 3 aliphatic heterocycles. The Balaban J connectivity index is 1.19. The molecule has 0 aromatic heterocycles. The third kappa shape index (κ3) is 6.09. The number of carbonyl (C=O) groups excluding carboxylic acids is 3. The number of nitrogens with zero attached hydrogens (tertiary/aromatic N) is 4. The van der Waals surface area contributed by atoms with Crippen molar-refractivity contribution >= 4 is 35.3 Å². The fourth-order valence-electron chi connectivity index (χ4n) is 5.85. The zero-order valence-electron chi connectivity index (χ0n) is 22.9. The van der Waals surface area contributed by atoms with E-state index < -0.39 is 0 Å². The van der Waals surface area contributed by atoms with Gasteiger partial charge in [-0.25, -0.2) is 4.79 Å². The Hall–Kier alpha value is -3.04. The molecule has 0 spiro atoms. The molecule has 2 fully saturated rings. The van der Waals surface area contributed by atoms with Crippen LogP contribution in [0.3, 0.4) is 0 Å². The predicted molar refractivity (Wildman–Crippen MR) is 155 cm³/mol. The Morgan fingerprint density at radius 3 is 2.41 bits per heavy atom. The van der Waals surface area contributed by atoms with Crippen LogP contribution in [0.4, 0.5) is 10.5 Å². The van der Waals surface area contributed by atoms with Gasteiger partial charge in [-0.1, -0.05) is 62.4 Å². The van der Waals surface area contributed by atoms with E-state index in [1.165, 1.54) is 0 Å². The lowest BCUT2D eigenvalue weighted by atomic mass is 10.0. The van der Waals surface area contributed by atoms with Crippen molar-refractivity contribution in [2.45, 2.75) is 56.3 Å². The Morgan fingerprint density at radius 1 is 1.00 bits per heavy atom. The number of anilines is 1. The van der Waals surface area contributed by atoms with Crippen LogP contribution >= 0.6 is 11.8 Å². The second kappa shape index (κ2) is 12.4. The van der Waals surface area contributed by atoms with Crippen molar-refractivity contribution in [1.82, 2.24) is 19.6 Å². The van der Waals surface area contributed by atoms with Crippen LogP contribution in [0.5, 0.6) is 0 Å². The molecule has 2 unspecified atom stereocenters. The smallest absolute Gasteiger partial charge is 0.322 e. The second-order valence-electron chi connectivity index (χ2n) is 10.5. The fraction of sp³-hybridized carbons (Fsp3) is 0.500. The number of amides is 4. The van der Waals surface area contributed by atoms with Crippen LogP contribution in [-0.2, 0) is 16.1 Å². The van der Waals surface area contributed by atoms with Crippen molar-refractivity contribution in [3.63, 3.8) is 0 Å². The molecule has 3 aliphatic rings. The minimum atomic E-state index is -0.374. The number of hydrogen-bond donors (Lipinski definition) is 1. The maximum atomic E-state index is 13.6. The maximum absolute atomic E-state index is 13.6. The quantitative estimate of drug-likeness (QED) is 0.502. The van der Waals surface area contributed by atoms with Crippen LogP contribution in [0.1, 0.15) is 49.6 Å². The molecule has 208 valence electrons. The lowest BCUT2D eigenvalue weighted by molar-refractivity contribution is -0.137. The molecule has 0 bridgehead atoms. The molecule has 0 aliphatic carbocycles. The Morgan fingerprint density at radius 2 is 1.69 bits per heavy atom. The van der Waals surface area contributed by atoms with E-state index >= 15 is 0 Å². The first kappa shape index (κ1) is 27.5. The number of carbonyl (C=O) groups is 3. The van der Waals surface area contributed by atoms with Crippen LogP contribution in [-0.4, -0.2) is 88.0 Å². The first-order chi connectivity index (χ1) is 19.0. The molecule has 2 atom stereocenters. The number of benzene rings is 2. The van der Waals surface area contributed by atoms with E-state index in [0.717, 1.165) is 49.3 Å². The minimum absolute atomic E-state index is 0.0325. The van der Waals surface area contributed by atoms with Gasteiger partial charge in [0.15, 0.2) is 0 Å². The van der Waals surface area contributed by atoms with E-state index in [1.54, 1.807) is 11.8 Å². The van der Waals surface area contributed by atoms with Gasteiger partial charge in [0.05, 0.1) is 5.25 Å². The van der Waals surface area contributed by atoms with Crippen molar-refractivity contribution < 1.29 is 14.4 Å². The number of para-hydroxylation sites is 1. The fourth-order valence-corrected chi connectivity index (χ4v) is 7.32. The summed E-state index contributed by atoms with van der Waals surface area (Å²) in [6, 6.07) is 18.1. The van der Waals surface area contributed by atoms with Crippen LogP contribution in [0.2, 0.25) is 0 Å². The molecule has 2 saturated heterocycles. The largest absolute Gasteiger partial charge is 0.342 e. The minimum Gasteiger partial charge on any atom is -0.342 e. The van der Waals surface area contributed by atoms with Gasteiger partial charge in [-0.15, -0.1) is 11.8 Å². The van der Waals surface area contributed by atoms with E-state index in [0.29, 0.717) is 26.2 Å². The number of thioether (sulfide) groups is 1. The van der Waals surface area contributed by atoms with Crippen molar-refractivity contribution in [1.29, 1.82) is 0 Å². The van der Waals surface area contributed by atoms with Gasteiger partial charge in [0.25, 0.3) is 0 Å². The average Bonchev–Trinajstić information content (AvgIpc) is 3.28. The summed E-state index contributed by atoms with van der Waals surface area (Å²) in [4.78, 5) is 47.7. The van der Waals surface area contributed by atoms with E-state index in [1.807, 2.05) is 57.2 Å². The summed E-state index contributed by atoms with van der Waals surface area (Å²) in [6.07, 6.45) is 1.71. The summed E-state index contributed by atoms with van der Waals surface area (Å²) < 4.78 is 0. The van der Waals surface area contributed by atoms with Gasteiger partial charge in [-0.3, -0.25) is 9.59 Å². The third-order valence-electron chi connectivity index (χ3n) is 8.25. The summed E-state index contributed by atoms with van der Waals surface area (Å²) in [5, 5.41) is 2.55. The standard InChI is InChI=1S/C30H39N5O3S/c1-3-32(4-2)18-19-34-28(37)26(39-29(34)22-10-6-5-7-11-22)20-27(36)33-16-14-24(15-17-33)35-21-23-12-8-9-13-25(23)31-30(35)38/h5-13,24,26,29H,3-4,14-21H2,1-2H3,(H,31,38). The first-order valence-corrected chi connectivity index (χ1v) is 15.1. The zero-order valence-corrected chi connectivity index (χ0v) is 23.7. The van der Waals surface area contributed by atoms with Crippen LogP contribution < -0.4 is 5.32 Å². The van der Waals surface area contributed by atoms with Crippen LogP contribution in [0.25, 0.3) is 0 Å². The third-order valence-corrected chi connectivity index (χ3v) is 9.73. The van der Waals surface area contributed by atoms with Crippen molar-refractivity contribution in [3.8, 4) is 0 Å². The van der Waals surface area contributed by atoms with E-state index in [-0.39, 0.29) is 40.9 Å². The molecule has 0 saturated carbocycles. The van der Waals surface area contributed by atoms with Gasteiger partial charge >= 0.3 is 6.03 Å². The van der Waals surface area contributed by atoms with Gasteiger partial charge in [0.2, 0.25) is 11.8 Å². The number of urea groups is 1. The van der Waals surface area contributed by atoms with E-state index in [2.05, 4.69) is 36.2 Å². The number of likely N-dealkylation sites (tertiary alicyclic amines) is 1. The van der Waals surface area contributed by atoms with Crippen molar-refractivity contribution in [2.75, 3.05) is 44.6 Å². The maximum Gasteiger partial charge on any atom is 0.322 e. The normalized spacial score (nSPS) is 21.9. The topological polar surface area (TPSA) is 76.2 Å². The molecule has 2 aromatic carbocycles. The van der Waals surface area contributed by atoms with Crippen molar-refractivity contribution in [3.05, 3.63) is 65.7 Å². The molecule has 8 nitrogen and oxygen atoms in total. The highest BCUT2D eigenvalue weighted by atomic mass is 32.2. The molecule has 3 heterocycles. The summed E-state index contributed by atoms with van der Waals surface area (Å²) >= 11 is 1.61. The highest BCUT2D eigenvalue weighted by molar-refractivity contribution is 8.01.